The number of benzene rings is 1. The quantitative estimate of drug-likeness (QED) is 0.886. The van der Waals surface area contributed by atoms with Crippen LogP contribution in [0.2, 0.25) is 0 Å². The van der Waals surface area contributed by atoms with Crippen molar-refractivity contribution in [1.29, 1.82) is 0 Å². The molecule has 98 valence electrons. The molecular weight excluding hydrogens is 220 g/mol. The molecule has 1 aliphatic heterocycles. The van der Waals surface area contributed by atoms with Gasteiger partial charge in [-0.05, 0) is 49.7 Å². The van der Waals surface area contributed by atoms with E-state index < -0.39 is 0 Å². The first kappa shape index (κ1) is 12.0. The van der Waals surface area contributed by atoms with Gasteiger partial charge in [-0.2, -0.15) is 0 Å². The molecule has 0 saturated heterocycles. The fourth-order valence-corrected chi connectivity index (χ4v) is 3.34. The Bertz CT molecular complexity index is 434. The minimum atomic E-state index is -0.0236. The molecule has 2 aliphatic rings. The van der Waals surface area contributed by atoms with Crippen molar-refractivity contribution in [1.82, 2.24) is 0 Å². The van der Waals surface area contributed by atoms with Crippen molar-refractivity contribution >= 4 is 5.69 Å². The number of nitrogens with two attached hydrogens (primary N) is 1. The molecule has 2 heteroatoms. The molecule has 18 heavy (non-hydrogen) atoms. The van der Waals surface area contributed by atoms with E-state index in [0.29, 0.717) is 0 Å². The van der Waals surface area contributed by atoms with Crippen LogP contribution in [0.15, 0.2) is 24.3 Å². The Labute approximate surface area is 110 Å². The van der Waals surface area contributed by atoms with Gasteiger partial charge in [0.05, 0.1) is 0 Å². The van der Waals surface area contributed by atoms with E-state index in [2.05, 4.69) is 43.0 Å². The second kappa shape index (κ2) is 4.27. The topological polar surface area (TPSA) is 29.3 Å². The zero-order chi connectivity index (χ0) is 12.8. The smallest absolute Gasteiger partial charge is 0.0399 e. The highest BCUT2D eigenvalue weighted by molar-refractivity contribution is 5.56. The van der Waals surface area contributed by atoms with Gasteiger partial charge >= 0.3 is 0 Å². The van der Waals surface area contributed by atoms with E-state index in [1.54, 1.807) is 0 Å². The SMILES string of the molecule is CC1Cc2ccccc2N(CC(C)(N)C2CC2)C1. The van der Waals surface area contributed by atoms with Gasteiger partial charge in [0.2, 0.25) is 0 Å². The summed E-state index contributed by atoms with van der Waals surface area (Å²) in [4.78, 5) is 2.52. The number of hydrogen-bond acceptors (Lipinski definition) is 2. The van der Waals surface area contributed by atoms with Gasteiger partial charge in [-0.25, -0.2) is 0 Å². The molecule has 1 heterocycles. The van der Waals surface area contributed by atoms with Crippen molar-refractivity contribution in [3.05, 3.63) is 29.8 Å². The number of para-hydroxylation sites is 1. The predicted molar refractivity (Wildman–Crippen MR) is 76.8 cm³/mol. The van der Waals surface area contributed by atoms with Gasteiger partial charge in [-0.1, -0.05) is 25.1 Å². The van der Waals surface area contributed by atoms with Crippen molar-refractivity contribution in [2.24, 2.45) is 17.6 Å². The van der Waals surface area contributed by atoms with E-state index in [-0.39, 0.29) is 5.54 Å². The van der Waals surface area contributed by atoms with Gasteiger partial charge in [0.1, 0.15) is 0 Å². The van der Waals surface area contributed by atoms with Crippen molar-refractivity contribution in [2.45, 2.75) is 38.6 Å². The van der Waals surface area contributed by atoms with Crippen LogP contribution in [0.5, 0.6) is 0 Å². The summed E-state index contributed by atoms with van der Waals surface area (Å²) in [5, 5.41) is 0. The molecule has 0 radical (unpaired) electrons. The van der Waals surface area contributed by atoms with Crippen molar-refractivity contribution in [2.75, 3.05) is 18.0 Å². The van der Waals surface area contributed by atoms with Gasteiger partial charge < -0.3 is 10.6 Å². The van der Waals surface area contributed by atoms with Crippen LogP contribution in [0.3, 0.4) is 0 Å². The van der Waals surface area contributed by atoms with Gasteiger partial charge in [-0.15, -0.1) is 0 Å². The lowest BCUT2D eigenvalue weighted by Gasteiger charge is -2.40. The second-order valence-electron chi connectivity index (χ2n) is 6.60. The third-order valence-corrected chi connectivity index (χ3v) is 4.47. The largest absolute Gasteiger partial charge is 0.369 e. The molecule has 2 unspecified atom stereocenters. The molecule has 2 N–H and O–H groups in total. The zero-order valence-corrected chi connectivity index (χ0v) is 11.5. The fraction of sp³-hybridized carbons (Fsp3) is 0.625. The van der Waals surface area contributed by atoms with Crippen molar-refractivity contribution in [3.8, 4) is 0 Å². The first-order valence-corrected chi connectivity index (χ1v) is 7.18. The van der Waals surface area contributed by atoms with E-state index in [1.165, 1.54) is 30.5 Å². The Morgan fingerprint density at radius 2 is 2.06 bits per heavy atom. The molecule has 1 saturated carbocycles. The Hall–Kier alpha value is -1.02. The van der Waals surface area contributed by atoms with Crippen LogP contribution >= 0.6 is 0 Å². The standard InChI is InChI=1S/C16H24N2/c1-12-9-13-5-3-4-6-15(13)18(10-12)11-16(2,17)14-7-8-14/h3-6,12,14H,7-11,17H2,1-2H3. The Morgan fingerprint density at radius 1 is 1.33 bits per heavy atom. The summed E-state index contributed by atoms with van der Waals surface area (Å²) >= 11 is 0. The molecule has 0 spiro atoms. The zero-order valence-electron chi connectivity index (χ0n) is 11.5. The van der Waals surface area contributed by atoms with E-state index in [1.807, 2.05) is 0 Å². The van der Waals surface area contributed by atoms with Crippen LogP contribution in [0, 0.1) is 11.8 Å². The van der Waals surface area contributed by atoms with Gasteiger partial charge in [-0.3, -0.25) is 0 Å². The fourth-order valence-electron chi connectivity index (χ4n) is 3.34. The lowest BCUT2D eigenvalue weighted by molar-refractivity contribution is 0.388. The summed E-state index contributed by atoms with van der Waals surface area (Å²) in [5.41, 5.74) is 9.39. The lowest BCUT2D eigenvalue weighted by Crippen LogP contribution is -2.52. The van der Waals surface area contributed by atoms with Crippen molar-refractivity contribution in [3.63, 3.8) is 0 Å². The van der Waals surface area contributed by atoms with E-state index in [9.17, 15) is 0 Å². The number of hydrogen-bond donors (Lipinski definition) is 1. The summed E-state index contributed by atoms with van der Waals surface area (Å²) in [6, 6.07) is 8.82. The molecule has 2 nitrogen and oxygen atoms in total. The molecule has 1 aliphatic carbocycles. The molecule has 2 atom stereocenters. The van der Waals surface area contributed by atoms with Crippen LogP contribution in [-0.2, 0) is 6.42 Å². The number of anilines is 1. The van der Waals surface area contributed by atoms with Gasteiger partial charge in [0.25, 0.3) is 0 Å². The van der Waals surface area contributed by atoms with Crippen LogP contribution in [0.4, 0.5) is 5.69 Å². The van der Waals surface area contributed by atoms with Gasteiger partial charge in [0.15, 0.2) is 0 Å². The van der Waals surface area contributed by atoms with Gasteiger partial charge in [0, 0.05) is 24.3 Å². The summed E-state index contributed by atoms with van der Waals surface area (Å²) in [6.45, 7) is 6.72. The molecule has 1 fully saturated rings. The molecule has 3 rings (SSSR count). The highest BCUT2D eigenvalue weighted by Gasteiger charge is 2.40. The first-order valence-electron chi connectivity index (χ1n) is 7.18. The van der Waals surface area contributed by atoms with E-state index in [4.69, 9.17) is 5.73 Å². The van der Waals surface area contributed by atoms with Crippen molar-refractivity contribution < 1.29 is 0 Å². The predicted octanol–water partition coefficient (Wildman–Crippen LogP) is 2.81. The Kier molecular flexibility index (Phi) is 2.86. The normalized spacial score (nSPS) is 26.6. The minimum Gasteiger partial charge on any atom is -0.369 e. The lowest BCUT2D eigenvalue weighted by atomic mass is 9.90. The molecule has 0 amide bonds. The second-order valence-corrected chi connectivity index (χ2v) is 6.60. The third-order valence-electron chi connectivity index (χ3n) is 4.47. The van der Waals surface area contributed by atoms with E-state index >= 15 is 0 Å². The Morgan fingerprint density at radius 3 is 2.78 bits per heavy atom. The highest BCUT2D eigenvalue weighted by atomic mass is 15.2. The average Bonchev–Trinajstić information content (AvgIpc) is 3.12. The van der Waals surface area contributed by atoms with Crippen LogP contribution in [0.25, 0.3) is 0 Å². The summed E-state index contributed by atoms with van der Waals surface area (Å²) in [7, 11) is 0. The maximum absolute atomic E-state index is 6.51. The molecule has 1 aromatic rings. The summed E-state index contributed by atoms with van der Waals surface area (Å²) < 4.78 is 0. The number of rotatable bonds is 3. The van der Waals surface area contributed by atoms with Crippen LogP contribution in [0.1, 0.15) is 32.3 Å². The monoisotopic (exact) mass is 244 g/mol. The molecule has 1 aromatic carbocycles. The number of nitrogens with zero attached hydrogens (tertiary/aromatic N) is 1. The van der Waals surface area contributed by atoms with Crippen LogP contribution in [-0.4, -0.2) is 18.6 Å². The molecule has 0 bridgehead atoms. The minimum absolute atomic E-state index is 0.0236. The number of fused-ring (bicyclic) bond motifs is 1. The highest BCUT2D eigenvalue weighted by Crippen LogP contribution is 2.40. The first-order chi connectivity index (χ1) is 8.56. The molecule has 0 aromatic heterocycles. The van der Waals surface area contributed by atoms with Crippen LogP contribution < -0.4 is 10.6 Å². The Balaban J connectivity index is 1.83. The third kappa shape index (κ3) is 2.26. The summed E-state index contributed by atoms with van der Waals surface area (Å²) in [5.74, 6) is 1.47. The summed E-state index contributed by atoms with van der Waals surface area (Å²) in [6.07, 6.45) is 3.84. The average molecular weight is 244 g/mol. The maximum Gasteiger partial charge on any atom is 0.0399 e. The molecular formula is C16H24N2. The maximum atomic E-state index is 6.51. The van der Waals surface area contributed by atoms with E-state index in [0.717, 1.165) is 24.9 Å².